The van der Waals surface area contributed by atoms with Crippen LogP contribution in [0.1, 0.15) is 37.6 Å². The number of amides is 1. The molecule has 1 heterocycles. The Morgan fingerprint density at radius 1 is 1.63 bits per heavy atom. The standard InChI is InChI=1S/C14H23N3O2/c1-10(7-12-8-11(2)16-17-12)15-13(18)14(9-19-3)5-4-6-14/h8,10H,4-7,9H2,1-3H3,(H,15,18)(H,16,17). The SMILES string of the molecule is COCC1(C(=O)NC(C)Cc2cc(C)[nH]n2)CCC1. The number of carbonyl (C=O) groups excluding carboxylic acids is 1. The molecule has 1 aliphatic carbocycles. The molecule has 19 heavy (non-hydrogen) atoms. The second kappa shape index (κ2) is 5.74. The Balaban J connectivity index is 1.87. The number of aromatic nitrogens is 2. The number of hydrogen-bond donors (Lipinski definition) is 2. The van der Waals surface area contributed by atoms with Gasteiger partial charge in [0.1, 0.15) is 0 Å². The lowest BCUT2D eigenvalue weighted by Crippen LogP contribution is -2.51. The summed E-state index contributed by atoms with van der Waals surface area (Å²) in [4.78, 5) is 12.3. The van der Waals surface area contributed by atoms with Crippen LogP contribution in [0.5, 0.6) is 0 Å². The number of aromatic amines is 1. The van der Waals surface area contributed by atoms with Crippen molar-refractivity contribution >= 4 is 5.91 Å². The van der Waals surface area contributed by atoms with Crippen LogP contribution in [-0.4, -0.2) is 35.9 Å². The third-order valence-electron chi connectivity index (χ3n) is 3.86. The normalized spacial score (nSPS) is 18.7. The Kier molecular flexibility index (Phi) is 4.24. The van der Waals surface area contributed by atoms with Crippen molar-refractivity contribution in [3.05, 3.63) is 17.5 Å². The number of carbonyl (C=O) groups is 1. The fourth-order valence-corrected chi connectivity index (χ4v) is 2.64. The van der Waals surface area contributed by atoms with Gasteiger partial charge in [-0.25, -0.2) is 0 Å². The maximum absolute atomic E-state index is 12.3. The first kappa shape index (κ1) is 14.1. The highest BCUT2D eigenvalue weighted by Crippen LogP contribution is 2.41. The quantitative estimate of drug-likeness (QED) is 0.820. The maximum atomic E-state index is 12.3. The highest BCUT2D eigenvalue weighted by atomic mass is 16.5. The minimum absolute atomic E-state index is 0.0875. The summed E-state index contributed by atoms with van der Waals surface area (Å²) in [6.07, 6.45) is 3.73. The Labute approximate surface area is 114 Å². The van der Waals surface area contributed by atoms with E-state index in [9.17, 15) is 4.79 Å². The second-order valence-electron chi connectivity index (χ2n) is 5.69. The monoisotopic (exact) mass is 265 g/mol. The van der Waals surface area contributed by atoms with Crippen molar-refractivity contribution in [2.75, 3.05) is 13.7 Å². The van der Waals surface area contributed by atoms with Gasteiger partial charge < -0.3 is 10.1 Å². The fraction of sp³-hybridized carbons (Fsp3) is 0.714. The molecule has 1 saturated carbocycles. The van der Waals surface area contributed by atoms with Gasteiger partial charge in [0.05, 0.1) is 17.7 Å². The third kappa shape index (κ3) is 3.15. The van der Waals surface area contributed by atoms with Crippen molar-refractivity contribution in [3.8, 4) is 0 Å². The van der Waals surface area contributed by atoms with Crippen LogP contribution < -0.4 is 5.32 Å². The lowest BCUT2D eigenvalue weighted by atomic mass is 9.68. The molecule has 1 fully saturated rings. The molecule has 2 rings (SSSR count). The van der Waals surface area contributed by atoms with Crippen molar-refractivity contribution in [1.29, 1.82) is 0 Å². The molecule has 1 atom stereocenters. The number of rotatable bonds is 6. The zero-order valence-electron chi connectivity index (χ0n) is 12.0. The van der Waals surface area contributed by atoms with Gasteiger partial charge in [0.25, 0.3) is 0 Å². The van der Waals surface area contributed by atoms with E-state index in [0.717, 1.165) is 37.1 Å². The number of ether oxygens (including phenoxy) is 1. The molecule has 5 heteroatoms. The first-order chi connectivity index (χ1) is 9.05. The molecular weight excluding hydrogens is 242 g/mol. The molecule has 1 unspecified atom stereocenters. The van der Waals surface area contributed by atoms with Gasteiger partial charge >= 0.3 is 0 Å². The van der Waals surface area contributed by atoms with Crippen LogP contribution in [0, 0.1) is 12.3 Å². The topological polar surface area (TPSA) is 67.0 Å². The van der Waals surface area contributed by atoms with Gasteiger partial charge in [-0.15, -0.1) is 0 Å². The van der Waals surface area contributed by atoms with Crippen LogP contribution in [0.3, 0.4) is 0 Å². The molecule has 0 aliphatic heterocycles. The maximum Gasteiger partial charge on any atom is 0.228 e. The number of nitrogens with zero attached hydrogens (tertiary/aromatic N) is 1. The van der Waals surface area contributed by atoms with Crippen LogP contribution in [0.2, 0.25) is 0 Å². The molecule has 5 nitrogen and oxygen atoms in total. The fourth-order valence-electron chi connectivity index (χ4n) is 2.64. The predicted octanol–water partition coefficient (Wildman–Crippen LogP) is 1.58. The molecule has 0 aromatic carbocycles. The summed E-state index contributed by atoms with van der Waals surface area (Å²) in [5.41, 5.74) is 1.74. The van der Waals surface area contributed by atoms with E-state index in [1.807, 2.05) is 19.9 Å². The lowest BCUT2D eigenvalue weighted by Gasteiger charge is -2.40. The Morgan fingerprint density at radius 3 is 2.84 bits per heavy atom. The molecule has 0 bridgehead atoms. The summed E-state index contributed by atoms with van der Waals surface area (Å²) >= 11 is 0. The molecule has 0 radical (unpaired) electrons. The zero-order valence-corrected chi connectivity index (χ0v) is 12.0. The van der Waals surface area contributed by atoms with Crippen molar-refractivity contribution in [3.63, 3.8) is 0 Å². The van der Waals surface area contributed by atoms with E-state index in [4.69, 9.17) is 4.74 Å². The highest BCUT2D eigenvalue weighted by Gasteiger charge is 2.44. The minimum atomic E-state index is -0.287. The number of hydrogen-bond acceptors (Lipinski definition) is 3. The molecular formula is C14H23N3O2. The van der Waals surface area contributed by atoms with Gasteiger partial charge in [-0.3, -0.25) is 9.89 Å². The summed E-state index contributed by atoms with van der Waals surface area (Å²) < 4.78 is 5.20. The van der Waals surface area contributed by atoms with Gasteiger partial charge in [0.2, 0.25) is 5.91 Å². The van der Waals surface area contributed by atoms with Crippen molar-refractivity contribution in [2.24, 2.45) is 5.41 Å². The van der Waals surface area contributed by atoms with E-state index in [2.05, 4.69) is 15.5 Å². The van der Waals surface area contributed by atoms with Crippen molar-refractivity contribution in [1.82, 2.24) is 15.5 Å². The lowest BCUT2D eigenvalue weighted by molar-refractivity contribution is -0.141. The second-order valence-corrected chi connectivity index (χ2v) is 5.69. The van der Waals surface area contributed by atoms with Crippen molar-refractivity contribution in [2.45, 2.75) is 45.6 Å². The number of H-pyrrole nitrogens is 1. The van der Waals surface area contributed by atoms with Crippen LogP contribution in [0.4, 0.5) is 0 Å². The average molecular weight is 265 g/mol. The van der Waals surface area contributed by atoms with Crippen LogP contribution >= 0.6 is 0 Å². The first-order valence-electron chi connectivity index (χ1n) is 6.86. The summed E-state index contributed by atoms with van der Waals surface area (Å²) in [6, 6.07) is 2.10. The molecule has 0 spiro atoms. The molecule has 2 N–H and O–H groups in total. The minimum Gasteiger partial charge on any atom is -0.384 e. The highest BCUT2D eigenvalue weighted by molar-refractivity contribution is 5.83. The first-order valence-corrected chi connectivity index (χ1v) is 6.86. The van der Waals surface area contributed by atoms with E-state index < -0.39 is 0 Å². The van der Waals surface area contributed by atoms with Gasteiger partial charge in [-0.2, -0.15) is 5.10 Å². The predicted molar refractivity (Wildman–Crippen MR) is 72.8 cm³/mol. The van der Waals surface area contributed by atoms with E-state index in [-0.39, 0.29) is 17.4 Å². The van der Waals surface area contributed by atoms with Crippen LogP contribution in [0.25, 0.3) is 0 Å². The summed E-state index contributed by atoms with van der Waals surface area (Å²) in [5, 5.41) is 10.2. The summed E-state index contributed by atoms with van der Waals surface area (Å²) in [6.45, 7) is 4.51. The number of nitrogens with one attached hydrogen (secondary N) is 2. The molecule has 1 aromatic heterocycles. The van der Waals surface area contributed by atoms with E-state index >= 15 is 0 Å². The van der Waals surface area contributed by atoms with Crippen LogP contribution in [0.15, 0.2) is 6.07 Å². The third-order valence-corrected chi connectivity index (χ3v) is 3.86. The van der Waals surface area contributed by atoms with Crippen molar-refractivity contribution < 1.29 is 9.53 Å². The van der Waals surface area contributed by atoms with Crippen LogP contribution in [-0.2, 0) is 16.0 Å². The molecule has 1 amide bonds. The van der Waals surface area contributed by atoms with E-state index in [1.165, 1.54) is 0 Å². The van der Waals surface area contributed by atoms with Gasteiger partial charge in [0, 0.05) is 25.3 Å². The van der Waals surface area contributed by atoms with E-state index in [1.54, 1.807) is 7.11 Å². The Morgan fingerprint density at radius 2 is 2.37 bits per heavy atom. The van der Waals surface area contributed by atoms with E-state index in [0.29, 0.717) is 6.61 Å². The molecule has 1 aromatic rings. The smallest absolute Gasteiger partial charge is 0.228 e. The van der Waals surface area contributed by atoms with Gasteiger partial charge in [-0.1, -0.05) is 6.42 Å². The molecule has 106 valence electrons. The number of aryl methyl sites for hydroxylation is 1. The average Bonchev–Trinajstić information content (AvgIpc) is 2.68. The van der Waals surface area contributed by atoms with Gasteiger partial charge in [-0.05, 0) is 32.8 Å². The van der Waals surface area contributed by atoms with Gasteiger partial charge in [0.15, 0.2) is 0 Å². The Hall–Kier alpha value is -1.36. The molecule has 0 saturated heterocycles. The Bertz CT molecular complexity index is 438. The summed E-state index contributed by atoms with van der Waals surface area (Å²) in [7, 11) is 1.66. The summed E-state index contributed by atoms with van der Waals surface area (Å²) in [5.74, 6) is 0.125. The number of methoxy groups -OCH3 is 1. The molecule has 1 aliphatic rings. The largest absolute Gasteiger partial charge is 0.384 e. The zero-order chi connectivity index (χ0) is 13.9.